The Balaban J connectivity index is 2.08. The summed E-state index contributed by atoms with van der Waals surface area (Å²) in [4.78, 5) is 11.5. The molecule has 112 valence electrons. The minimum Gasteiger partial charge on any atom is -0.497 e. The van der Waals surface area contributed by atoms with Gasteiger partial charge in [0.05, 0.1) is 20.1 Å². The Morgan fingerprint density at radius 1 is 1.10 bits per heavy atom. The van der Waals surface area contributed by atoms with Crippen LogP contribution in [0.3, 0.4) is 0 Å². The Hall–Kier alpha value is -1.75. The topological polar surface area (TPSA) is 59.6 Å². The van der Waals surface area contributed by atoms with Gasteiger partial charge in [-0.05, 0) is 37.2 Å². The predicted molar refractivity (Wildman–Crippen MR) is 79.3 cm³/mol. The number of rotatable bonds is 10. The molecule has 0 aliphatic heterocycles. The molecule has 0 unspecified atom stereocenters. The molecule has 0 spiro atoms. The Kier molecular flexibility index (Phi) is 8.22. The monoisotopic (exact) mass is 280 g/mol. The summed E-state index contributed by atoms with van der Waals surface area (Å²) in [7, 11) is 1.62. The molecule has 0 aliphatic carbocycles. The van der Waals surface area contributed by atoms with Gasteiger partial charge in [0, 0.05) is 13.1 Å². The van der Waals surface area contributed by atoms with Crippen molar-refractivity contribution in [2.75, 3.05) is 33.4 Å². The van der Waals surface area contributed by atoms with Crippen molar-refractivity contribution in [2.24, 2.45) is 0 Å². The van der Waals surface area contributed by atoms with Crippen molar-refractivity contribution in [3.63, 3.8) is 0 Å². The smallest absolute Gasteiger partial charge is 0.223 e. The molecule has 1 aromatic rings. The second kappa shape index (κ2) is 10.1. The standard InChI is InChI=1S/C15H24N2O3/c1-3-9-16-10-11-17-15(18)8-12-20-14-6-4-13(19-2)5-7-14/h4-7,16H,3,8-12H2,1-2H3,(H,17,18). The maximum Gasteiger partial charge on any atom is 0.223 e. The van der Waals surface area contributed by atoms with E-state index in [2.05, 4.69) is 17.6 Å². The van der Waals surface area contributed by atoms with E-state index in [1.807, 2.05) is 24.3 Å². The zero-order valence-electron chi connectivity index (χ0n) is 12.3. The van der Waals surface area contributed by atoms with Gasteiger partial charge in [0.15, 0.2) is 0 Å². The molecule has 5 heteroatoms. The van der Waals surface area contributed by atoms with Crippen LogP contribution in [0.5, 0.6) is 11.5 Å². The SMILES string of the molecule is CCCNCCNC(=O)CCOc1ccc(OC)cc1. The van der Waals surface area contributed by atoms with E-state index in [0.29, 0.717) is 19.6 Å². The molecule has 1 rings (SSSR count). The maximum atomic E-state index is 11.5. The molecular formula is C15H24N2O3. The molecule has 1 amide bonds. The number of hydrogen-bond acceptors (Lipinski definition) is 4. The van der Waals surface area contributed by atoms with Crippen LogP contribution in [0.1, 0.15) is 19.8 Å². The molecule has 0 saturated heterocycles. The fraction of sp³-hybridized carbons (Fsp3) is 0.533. The summed E-state index contributed by atoms with van der Waals surface area (Å²) in [5.41, 5.74) is 0. The highest BCUT2D eigenvalue weighted by atomic mass is 16.5. The molecule has 0 heterocycles. The Morgan fingerprint density at radius 3 is 2.45 bits per heavy atom. The van der Waals surface area contributed by atoms with Gasteiger partial charge in [0.25, 0.3) is 0 Å². The first-order valence-electron chi connectivity index (χ1n) is 7.00. The van der Waals surface area contributed by atoms with E-state index >= 15 is 0 Å². The molecule has 2 N–H and O–H groups in total. The van der Waals surface area contributed by atoms with Crippen LogP contribution < -0.4 is 20.1 Å². The highest BCUT2D eigenvalue weighted by Crippen LogP contribution is 2.16. The molecule has 0 saturated carbocycles. The summed E-state index contributed by atoms with van der Waals surface area (Å²) in [6, 6.07) is 7.31. The molecule has 0 aromatic heterocycles. The van der Waals surface area contributed by atoms with Crippen LogP contribution in [-0.2, 0) is 4.79 Å². The van der Waals surface area contributed by atoms with Gasteiger partial charge in [-0.15, -0.1) is 0 Å². The Morgan fingerprint density at radius 2 is 1.80 bits per heavy atom. The van der Waals surface area contributed by atoms with E-state index in [1.54, 1.807) is 7.11 Å². The molecule has 0 radical (unpaired) electrons. The highest BCUT2D eigenvalue weighted by molar-refractivity contribution is 5.75. The zero-order chi connectivity index (χ0) is 14.6. The van der Waals surface area contributed by atoms with Crippen molar-refractivity contribution in [1.29, 1.82) is 0 Å². The van der Waals surface area contributed by atoms with Crippen LogP contribution in [0.15, 0.2) is 24.3 Å². The quantitative estimate of drug-likeness (QED) is 0.639. The third-order valence-corrected chi connectivity index (χ3v) is 2.71. The van der Waals surface area contributed by atoms with Crippen molar-refractivity contribution in [2.45, 2.75) is 19.8 Å². The molecule has 5 nitrogen and oxygen atoms in total. The van der Waals surface area contributed by atoms with Crippen LogP contribution >= 0.6 is 0 Å². The first kappa shape index (κ1) is 16.3. The third kappa shape index (κ3) is 6.99. The lowest BCUT2D eigenvalue weighted by Crippen LogP contribution is -2.32. The first-order chi connectivity index (χ1) is 9.76. The number of amides is 1. The lowest BCUT2D eigenvalue weighted by atomic mass is 10.3. The lowest BCUT2D eigenvalue weighted by molar-refractivity contribution is -0.121. The van der Waals surface area contributed by atoms with Gasteiger partial charge >= 0.3 is 0 Å². The lowest BCUT2D eigenvalue weighted by Gasteiger charge is -2.08. The summed E-state index contributed by atoms with van der Waals surface area (Å²) >= 11 is 0. The number of nitrogens with one attached hydrogen (secondary N) is 2. The number of carbonyl (C=O) groups is 1. The molecular weight excluding hydrogens is 256 g/mol. The Labute approximate surface area is 120 Å². The fourth-order valence-electron chi connectivity index (χ4n) is 1.61. The summed E-state index contributed by atoms with van der Waals surface area (Å²) in [5, 5.41) is 6.07. The van der Waals surface area contributed by atoms with Crippen molar-refractivity contribution < 1.29 is 14.3 Å². The largest absolute Gasteiger partial charge is 0.497 e. The average Bonchev–Trinajstić information content (AvgIpc) is 2.48. The van der Waals surface area contributed by atoms with Crippen molar-refractivity contribution in [3.05, 3.63) is 24.3 Å². The van der Waals surface area contributed by atoms with E-state index in [0.717, 1.165) is 31.0 Å². The van der Waals surface area contributed by atoms with Crippen molar-refractivity contribution >= 4 is 5.91 Å². The summed E-state index contributed by atoms with van der Waals surface area (Å²) in [6.07, 6.45) is 1.46. The molecule has 0 bridgehead atoms. The highest BCUT2D eigenvalue weighted by Gasteiger charge is 2.01. The van der Waals surface area contributed by atoms with E-state index in [4.69, 9.17) is 9.47 Å². The zero-order valence-corrected chi connectivity index (χ0v) is 12.3. The molecule has 20 heavy (non-hydrogen) atoms. The van der Waals surface area contributed by atoms with Crippen molar-refractivity contribution in [3.8, 4) is 11.5 Å². The number of benzene rings is 1. The molecule has 1 aromatic carbocycles. The van der Waals surface area contributed by atoms with E-state index in [-0.39, 0.29) is 5.91 Å². The minimum absolute atomic E-state index is 0.0109. The van der Waals surface area contributed by atoms with E-state index in [1.165, 1.54) is 0 Å². The minimum atomic E-state index is 0.0109. The fourth-order valence-corrected chi connectivity index (χ4v) is 1.61. The van der Waals surface area contributed by atoms with E-state index in [9.17, 15) is 4.79 Å². The van der Waals surface area contributed by atoms with Gasteiger partial charge in [-0.25, -0.2) is 0 Å². The van der Waals surface area contributed by atoms with Crippen LogP contribution in [-0.4, -0.2) is 39.3 Å². The van der Waals surface area contributed by atoms with Gasteiger partial charge in [0.1, 0.15) is 11.5 Å². The number of ether oxygens (including phenoxy) is 2. The van der Waals surface area contributed by atoms with Crippen LogP contribution in [0.4, 0.5) is 0 Å². The van der Waals surface area contributed by atoms with Gasteiger partial charge in [-0.2, -0.15) is 0 Å². The number of hydrogen-bond donors (Lipinski definition) is 2. The summed E-state index contributed by atoms with van der Waals surface area (Å²) in [6.45, 7) is 4.93. The van der Waals surface area contributed by atoms with Gasteiger partial charge in [0.2, 0.25) is 5.91 Å². The van der Waals surface area contributed by atoms with Gasteiger partial charge in [-0.3, -0.25) is 4.79 Å². The average molecular weight is 280 g/mol. The van der Waals surface area contributed by atoms with Crippen LogP contribution in [0, 0.1) is 0 Å². The molecule has 0 fully saturated rings. The normalized spacial score (nSPS) is 10.1. The van der Waals surface area contributed by atoms with E-state index < -0.39 is 0 Å². The third-order valence-electron chi connectivity index (χ3n) is 2.71. The maximum absolute atomic E-state index is 11.5. The molecule has 0 atom stereocenters. The van der Waals surface area contributed by atoms with Gasteiger partial charge < -0.3 is 20.1 Å². The van der Waals surface area contributed by atoms with Gasteiger partial charge in [-0.1, -0.05) is 6.92 Å². The summed E-state index contributed by atoms with van der Waals surface area (Å²) in [5.74, 6) is 1.54. The van der Waals surface area contributed by atoms with Crippen molar-refractivity contribution in [1.82, 2.24) is 10.6 Å². The van der Waals surface area contributed by atoms with Crippen LogP contribution in [0.2, 0.25) is 0 Å². The second-order valence-corrected chi connectivity index (χ2v) is 4.37. The summed E-state index contributed by atoms with van der Waals surface area (Å²) < 4.78 is 10.5. The second-order valence-electron chi connectivity index (χ2n) is 4.37. The Bertz CT molecular complexity index is 379. The first-order valence-corrected chi connectivity index (χ1v) is 7.00. The van der Waals surface area contributed by atoms with Crippen LogP contribution in [0.25, 0.3) is 0 Å². The number of carbonyl (C=O) groups excluding carboxylic acids is 1. The predicted octanol–water partition coefficient (Wildman–Crippen LogP) is 1.58. The number of methoxy groups -OCH3 is 1. The molecule has 0 aliphatic rings.